The topological polar surface area (TPSA) is 57.2 Å². The lowest BCUT2D eigenvalue weighted by molar-refractivity contribution is 0.00578. The third-order valence-corrected chi connectivity index (χ3v) is 4.88. The van der Waals surface area contributed by atoms with Crippen molar-refractivity contribution in [3.8, 4) is 5.75 Å². The monoisotopic (exact) mass is 333 g/mol. The number of carbonyl (C=O) groups is 1. The minimum Gasteiger partial charge on any atom is -0.410 e. The molecule has 0 aromatic heterocycles. The Balaban J connectivity index is 1.63. The molecule has 1 aromatic carbocycles. The van der Waals surface area contributed by atoms with Crippen molar-refractivity contribution in [2.45, 2.75) is 38.9 Å². The number of hydrogen-bond acceptors (Lipinski definition) is 5. The smallest absolute Gasteiger partial charge is 0.410 e. The first-order valence-electron chi connectivity index (χ1n) is 8.29. The zero-order chi connectivity index (χ0) is 17.4. The lowest BCUT2D eigenvalue weighted by Crippen LogP contribution is -2.42. The molecule has 0 bridgehead atoms. The predicted octanol–water partition coefficient (Wildman–Crippen LogP) is 1.82. The zero-order valence-corrected chi connectivity index (χ0v) is 14.7. The van der Waals surface area contributed by atoms with Gasteiger partial charge in [-0.15, -0.1) is 0 Å². The highest BCUT2D eigenvalue weighted by molar-refractivity contribution is 6.62. The highest BCUT2D eigenvalue weighted by atomic mass is 16.7. The Morgan fingerprint density at radius 3 is 2.12 bits per heavy atom. The number of amides is 1. The van der Waals surface area contributed by atoms with Gasteiger partial charge in [-0.05, 0) is 45.3 Å². The molecule has 0 radical (unpaired) electrons. The van der Waals surface area contributed by atoms with Crippen molar-refractivity contribution in [2.75, 3.05) is 26.3 Å². The zero-order valence-electron chi connectivity index (χ0n) is 14.7. The van der Waals surface area contributed by atoms with Crippen LogP contribution in [0.3, 0.4) is 0 Å². The third-order valence-electron chi connectivity index (χ3n) is 4.88. The van der Waals surface area contributed by atoms with Crippen molar-refractivity contribution in [2.24, 2.45) is 0 Å². The van der Waals surface area contributed by atoms with E-state index in [0.29, 0.717) is 32.1 Å². The van der Waals surface area contributed by atoms with E-state index in [-0.39, 0.29) is 17.3 Å². The summed E-state index contributed by atoms with van der Waals surface area (Å²) in [4.78, 5) is 13.7. The van der Waals surface area contributed by atoms with Gasteiger partial charge in [-0.3, -0.25) is 0 Å². The average molecular weight is 333 g/mol. The molecule has 3 rings (SSSR count). The molecule has 0 saturated carbocycles. The fourth-order valence-electron chi connectivity index (χ4n) is 2.58. The normalized spacial score (nSPS) is 22.5. The number of rotatable bonds is 2. The first kappa shape index (κ1) is 17.3. The second kappa shape index (κ2) is 6.39. The van der Waals surface area contributed by atoms with E-state index in [4.69, 9.17) is 18.8 Å². The standard InChI is InChI=1S/C17H24BNO5/c1-16(2)17(3,4)24-18(23-16)13-5-7-14(8-6-13)22-15(20)19-9-11-21-12-10-19/h5-8H,9-12H2,1-4H3. The van der Waals surface area contributed by atoms with Crippen molar-refractivity contribution >= 4 is 18.7 Å². The molecule has 2 aliphatic heterocycles. The molecule has 2 heterocycles. The van der Waals surface area contributed by atoms with E-state index in [1.54, 1.807) is 17.0 Å². The number of morpholine rings is 1. The van der Waals surface area contributed by atoms with Gasteiger partial charge in [0.15, 0.2) is 0 Å². The molecular weight excluding hydrogens is 309 g/mol. The summed E-state index contributed by atoms with van der Waals surface area (Å²) in [6.45, 7) is 10.3. The lowest BCUT2D eigenvalue weighted by Gasteiger charge is -2.32. The Bertz CT molecular complexity index is 580. The van der Waals surface area contributed by atoms with Gasteiger partial charge < -0.3 is 23.7 Å². The van der Waals surface area contributed by atoms with Crippen LogP contribution in [0, 0.1) is 0 Å². The number of nitrogens with zero attached hydrogens (tertiary/aromatic N) is 1. The third kappa shape index (κ3) is 3.43. The molecule has 130 valence electrons. The minimum absolute atomic E-state index is 0.346. The molecule has 0 unspecified atom stereocenters. The van der Waals surface area contributed by atoms with Gasteiger partial charge >= 0.3 is 13.2 Å². The highest BCUT2D eigenvalue weighted by Crippen LogP contribution is 2.36. The molecule has 0 aliphatic carbocycles. The molecule has 0 atom stereocenters. The SMILES string of the molecule is CC1(C)OB(c2ccc(OC(=O)N3CCOCC3)cc2)OC1(C)C. The first-order valence-corrected chi connectivity index (χ1v) is 8.29. The van der Waals surface area contributed by atoms with Crippen LogP contribution < -0.4 is 10.2 Å². The number of benzene rings is 1. The second-order valence-electron chi connectivity index (χ2n) is 7.12. The van der Waals surface area contributed by atoms with Crippen molar-refractivity contribution in [1.82, 2.24) is 4.90 Å². The molecule has 1 aromatic rings. The Hall–Kier alpha value is -1.57. The van der Waals surface area contributed by atoms with Crippen molar-refractivity contribution in [1.29, 1.82) is 0 Å². The lowest BCUT2D eigenvalue weighted by atomic mass is 9.79. The van der Waals surface area contributed by atoms with Crippen LogP contribution in [0.4, 0.5) is 4.79 Å². The van der Waals surface area contributed by atoms with Gasteiger partial charge in [0, 0.05) is 13.1 Å². The van der Waals surface area contributed by atoms with Crippen LogP contribution in [0.15, 0.2) is 24.3 Å². The van der Waals surface area contributed by atoms with Crippen LogP contribution in [-0.2, 0) is 14.0 Å². The maximum Gasteiger partial charge on any atom is 0.494 e. The molecule has 7 heteroatoms. The summed E-state index contributed by atoms with van der Waals surface area (Å²) >= 11 is 0. The molecule has 0 N–H and O–H groups in total. The molecule has 1 amide bonds. The van der Waals surface area contributed by atoms with Crippen LogP contribution in [0.2, 0.25) is 0 Å². The summed E-state index contributed by atoms with van der Waals surface area (Å²) in [5.74, 6) is 0.506. The van der Waals surface area contributed by atoms with Crippen molar-refractivity contribution in [3.63, 3.8) is 0 Å². The Morgan fingerprint density at radius 2 is 1.58 bits per heavy atom. The van der Waals surface area contributed by atoms with E-state index in [9.17, 15) is 4.79 Å². The Labute approximate surface area is 143 Å². The minimum atomic E-state index is -0.418. The van der Waals surface area contributed by atoms with Gasteiger partial charge in [-0.2, -0.15) is 0 Å². The maximum atomic E-state index is 12.1. The molecule has 2 aliphatic rings. The second-order valence-corrected chi connectivity index (χ2v) is 7.12. The maximum absolute atomic E-state index is 12.1. The van der Waals surface area contributed by atoms with Crippen molar-refractivity contribution in [3.05, 3.63) is 24.3 Å². The summed E-state index contributed by atoms with van der Waals surface area (Å²) in [5, 5.41) is 0. The van der Waals surface area contributed by atoms with Crippen LogP contribution in [-0.4, -0.2) is 55.6 Å². The first-order chi connectivity index (χ1) is 11.3. The Kier molecular flexibility index (Phi) is 4.59. The fourth-order valence-corrected chi connectivity index (χ4v) is 2.58. The largest absolute Gasteiger partial charge is 0.494 e. The summed E-state index contributed by atoms with van der Waals surface area (Å²) in [5.41, 5.74) is 0.151. The summed E-state index contributed by atoms with van der Waals surface area (Å²) in [7, 11) is -0.418. The Morgan fingerprint density at radius 1 is 1.04 bits per heavy atom. The summed E-state index contributed by atoms with van der Waals surface area (Å²) in [6, 6.07) is 7.26. The number of ether oxygens (including phenoxy) is 2. The van der Waals surface area contributed by atoms with Crippen LogP contribution in [0.25, 0.3) is 0 Å². The molecule has 6 nitrogen and oxygen atoms in total. The van der Waals surface area contributed by atoms with Crippen LogP contribution in [0.5, 0.6) is 5.75 Å². The fraction of sp³-hybridized carbons (Fsp3) is 0.588. The van der Waals surface area contributed by atoms with Gasteiger partial charge in [0.2, 0.25) is 0 Å². The van der Waals surface area contributed by atoms with Gasteiger partial charge in [-0.25, -0.2) is 4.79 Å². The predicted molar refractivity (Wildman–Crippen MR) is 90.6 cm³/mol. The van der Waals surface area contributed by atoms with E-state index in [0.717, 1.165) is 5.46 Å². The summed E-state index contributed by atoms with van der Waals surface area (Å²) < 4.78 is 22.7. The van der Waals surface area contributed by atoms with E-state index in [1.165, 1.54) is 0 Å². The molecule has 2 saturated heterocycles. The van der Waals surface area contributed by atoms with E-state index in [2.05, 4.69) is 0 Å². The van der Waals surface area contributed by atoms with Crippen LogP contribution in [0.1, 0.15) is 27.7 Å². The number of hydrogen-bond donors (Lipinski definition) is 0. The van der Waals surface area contributed by atoms with Gasteiger partial charge in [0.25, 0.3) is 0 Å². The molecule has 2 fully saturated rings. The van der Waals surface area contributed by atoms with Crippen molar-refractivity contribution < 1.29 is 23.6 Å². The quantitative estimate of drug-likeness (QED) is 0.773. The van der Waals surface area contributed by atoms with Crippen LogP contribution >= 0.6 is 0 Å². The molecule has 24 heavy (non-hydrogen) atoms. The molecular formula is C17H24BNO5. The number of carbonyl (C=O) groups excluding carboxylic acids is 1. The van der Waals surface area contributed by atoms with Gasteiger partial charge in [0.05, 0.1) is 24.4 Å². The van der Waals surface area contributed by atoms with E-state index >= 15 is 0 Å². The van der Waals surface area contributed by atoms with E-state index < -0.39 is 7.12 Å². The van der Waals surface area contributed by atoms with Gasteiger partial charge in [-0.1, -0.05) is 12.1 Å². The molecule has 0 spiro atoms. The van der Waals surface area contributed by atoms with E-state index in [1.807, 2.05) is 39.8 Å². The summed E-state index contributed by atoms with van der Waals surface area (Å²) in [6.07, 6.45) is -0.346. The highest BCUT2D eigenvalue weighted by Gasteiger charge is 2.51. The average Bonchev–Trinajstić information content (AvgIpc) is 2.77. The van der Waals surface area contributed by atoms with Gasteiger partial charge in [0.1, 0.15) is 5.75 Å².